The molecular formula is C9H18FN. The molecule has 1 rings (SSSR count). The van der Waals surface area contributed by atoms with E-state index in [2.05, 4.69) is 26.1 Å². The largest absolute Gasteiger partial charge is 0.313 e. The van der Waals surface area contributed by atoms with Crippen LogP contribution in [0.25, 0.3) is 0 Å². The lowest BCUT2D eigenvalue weighted by Crippen LogP contribution is -2.20. The molecule has 0 aromatic heterocycles. The second-order valence-corrected chi connectivity index (χ2v) is 4.70. The lowest BCUT2D eigenvalue weighted by molar-refractivity contribution is 0.213. The van der Waals surface area contributed by atoms with Crippen LogP contribution in [0.2, 0.25) is 0 Å². The quantitative estimate of drug-likeness (QED) is 0.617. The highest BCUT2D eigenvalue weighted by atomic mass is 19.1. The van der Waals surface area contributed by atoms with Gasteiger partial charge in [0.15, 0.2) is 0 Å². The smallest absolute Gasteiger partial charge is 0.117 e. The number of hydrogen-bond donors (Lipinski definition) is 1. The number of hydrogen-bond acceptors (Lipinski definition) is 1. The third-order valence-electron chi connectivity index (χ3n) is 2.13. The highest BCUT2D eigenvalue weighted by molar-refractivity contribution is 4.83. The van der Waals surface area contributed by atoms with Crippen LogP contribution in [0.15, 0.2) is 0 Å². The van der Waals surface area contributed by atoms with Crippen molar-refractivity contribution in [3.05, 3.63) is 0 Å². The molecule has 0 aromatic rings. The second kappa shape index (κ2) is 3.10. The van der Waals surface area contributed by atoms with Crippen molar-refractivity contribution in [3.63, 3.8) is 0 Å². The first kappa shape index (κ1) is 8.98. The molecule has 0 amide bonds. The summed E-state index contributed by atoms with van der Waals surface area (Å²) in [5.41, 5.74) is 0.265. The first-order valence-electron chi connectivity index (χ1n) is 4.34. The van der Waals surface area contributed by atoms with E-state index in [9.17, 15) is 4.39 Å². The number of alkyl halides is 1. The number of nitrogens with one attached hydrogen (secondary N) is 1. The van der Waals surface area contributed by atoms with E-state index in [4.69, 9.17) is 0 Å². The Bertz CT molecular complexity index is 128. The molecule has 0 saturated carbocycles. The summed E-state index contributed by atoms with van der Waals surface area (Å²) in [4.78, 5) is 0. The van der Waals surface area contributed by atoms with Gasteiger partial charge in [0.25, 0.3) is 0 Å². The molecule has 0 aliphatic carbocycles. The van der Waals surface area contributed by atoms with Crippen LogP contribution in [-0.2, 0) is 0 Å². The molecule has 1 heterocycles. The van der Waals surface area contributed by atoms with Gasteiger partial charge in [-0.15, -0.1) is 0 Å². The van der Waals surface area contributed by atoms with E-state index in [1.54, 1.807) is 0 Å². The Balaban J connectivity index is 2.37. The molecule has 1 saturated heterocycles. The van der Waals surface area contributed by atoms with Crippen molar-refractivity contribution in [3.8, 4) is 0 Å². The zero-order chi connectivity index (χ0) is 8.48. The summed E-state index contributed by atoms with van der Waals surface area (Å²) in [7, 11) is 0. The predicted molar refractivity (Wildman–Crippen MR) is 45.3 cm³/mol. The molecule has 0 radical (unpaired) electrons. The predicted octanol–water partition coefficient (Wildman–Crippen LogP) is 1.98. The van der Waals surface area contributed by atoms with E-state index < -0.39 is 6.17 Å². The van der Waals surface area contributed by atoms with Crippen molar-refractivity contribution in [2.24, 2.45) is 11.3 Å². The maximum absolute atomic E-state index is 13.1. The normalized spacial score (nSPS) is 32.7. The van der Waals surface area contributed by atoms with Crippen LogP contribution in [0.3, 0.4) is 0 Å². The van der Waals surface area contributed by atoms with Crippen LogP contribution >= 0.6 is 0 Å². The summed E-state index contributed by atoms with van der Waals surface area (Å²) < 4.78 is 13.1. The summed E-state index contributed by atoms with van der Waals surface area (Å²) in [5.74, 6) is 0.245. The van der Waals surface area contributed by atoms with Gasteiger partial charge < -0.3 is 5.32 Å². The molecule has 11 heavy (non-hydrogen) atoms. The summed E-state index contributed by atoms with van der Waals surface area (Å²) >= 11 is 0. The SMILES string of the molecule is CC(C)(C)CC1CNCC1F. The highest BCUT2D eigenvalue weighted by Crippen LogP contribution is 2.28. The Morgan fingerprint density at radius 1 is 1.36 bits per heavy atom. The molecule has 2 atom stereocenters. The van der Waals surface area contributed by atoms with Gasteiger partial charge in [0, 0.05) is 19.0 Å². The Kier molecular flexibility index (Phi) is 2.53. The molecule has 66 valence electrons. The van der Waals surface area contributed by atoms with Gasteiger partial charge in [-0.3, -0.25) is 0 Å². The van der Waals surface area contributed by atoms with Crippen molar-refractivity contribution in [2.75, 3.05) is 13.1 Å². The Morgan fingerprint density at radius 3 is 2.36 bits per heavy atom. The third kappa shape index (κ3) is 2.78. The third-order valence-corrected chi connectivity index (χ3v) is 2.13. The zero-order valence-electron chi connectivity index (χ0n) is 7.65. The molecule has 1 aliphatic heterocycles. The standard InChI is InChI=1S/C9H18FN/c1-9(2,3)4-7-5-11-6-8(7)10/h7-8,11H,4-6H2,1-3H3. The van der Waals surface area contributed by atoms with Gasteiger partial charge in [0.2, 0.25) is 0 Å². The van der Waals surface area contributed by atoms with Gasteiger partial charge in [-0.05, 0) is 11.8 Å². The zero-order valence-corrected chi connectivity index (χ0v) is 7.65. The van der Waals surface area contributed by atoms with Crippen LogP contribution in [0.1, 0.15) is 27.2 Å². The minimum absolute atomic E-state index is 0.245. The molecule has 1 fully saturated rings. The lowest BCUT2D eigenvalue weighted by atomic mass is 9.84. The summed E-state index contributed by atoms with van der Waals surface area (Å²) in [6.45, 7) is 7.91. The lowest BCUT2D eigenvalue weighted by Gasteiger charge is -2.23. The minimum Gasteiger partial charge on any atom is -0.313 e. The van der Waals surface area contributed by atoms with Crippen LogP contribution < -0.4 is 5.32 Å². The first-order valence-corrected chi connectivity index (χ1v) is 4.34. The van der Waals surface area contributed by atoms with Gasteiger partial charge >= 0.3 is 0 Å². The molecule has 2 unspecified atom stereocenters. The first-order chi connectivity index (χ1) is 4.99. The van der Waals surface area contributed by atoms with Crippen molar-refractivity contribution in [2.45, 2.75) is 33.4 Å². The van der Waals surface area contributed by atoms with E-state index in [0.717, 1.165) is 13.0 Å². The fraction of sp³-hybridized carbons (Fsp3) is 1.00. The Hall–Kier alpha value is -0.110. The molecule has 1 N–H and O–H groups in total. The Morgan fingerprint density at radius 2 is 2.00 bits per heavy atom. The van der Waals surface area contributed by atoms with Crippen LogP contribution in [0.4, 0.5) is 4.39 Å². The Labute approximate surface area is 68.4 Å². The van der Waals surface area contributed by atoms with Crippen LogP contribution in [0.5, 0.6) is 0 Å². The van der Waals surface area contributed by atoms with Crippen molar-refractivity contribution in [1.82, 2.24) is 5.32 Å². The molecule has 0 spiro atoms. The molecular weight excluding hydrogens is 141 g/mol. The maximum atomic E-state index is 13.1. The second-order valence-electron chi connectivity index (χ2n) is 4.70. The maximum Gasteiger partial charge on any atom is 0.117 e. The average Bonchev–Trinajstić information content (AvgIpc) is 2.12. The molecule has 0 aromatic carbocycles. The molecule has 1 nitrogen and oxygen atoms in total. The molecule has 1 aliphatic rings. The van der Waals surface area contributed by atoms with E-state index >= 15 is 0 Å². The van der Waals surface area contributed by atoms with Crippen molar-refractivity contribution >= 4 is 0 Å². The van der Waals surface area contributed by atoms with E-state index in [1.807, 2.05) is 0 Å². The monoisotopic (exact) mass is 159 g/mol. The molecule has 0 bridgehead atoms. The summed E-state index contributed by atoms with van der Waals surface area (Å²) in [6, 6.07) is 0. The fourth-order valence-electron chi connectivity index (χ4n) is 1.69. The average molecular weight is 159 g/mol. The van der Waals surface area contributed by atoms with Crippen LogP contribution in [0, 0.1) is 11.3 Å². The van der Waals surface area contributed by atoms with Gasteiger partial charge in [-0.1, -0.05) is 20.8 Å². The van der Waals surface area contributed by atoms with Gasteiger partial charge in [-0.2, -0.15) is 0 Å². The van der Waals surface area contributed by atoms with Crippen molar-refractivity contribution < 1.29 is 4.39 Å². The number of rotatable bonds is 1. The van der Waals surface area contributed by atoms with Gasteiger partial charge in [0.05, 0.1) is 0 Å². The number of halogens is 1. The van der Waals surface area contributed by atoms with Gasteiger partial charge in [0.1, 0.15) is 6.17 Å². The van der Waals surface area contributed by atoms with Crippen LogP contribution in [-0.4, -0.2) is 19.3 Å². The fourth-order valence-corrected chi connectivity index (χ4v) is 1.69. The summed E-state index contributed by atoms with van der Waals surface area (Å²) in [5, 5.41) is 3.07. The van der Waals surface area contributed by atoms with Gasteiger partial charge in [-0.25, -0.2) is 4.39 Å². The summed E-state index contributed by atoms with van der Waals surface area (Å²) in [6.07, 6.45) is 0.371. The van der Waals surface area contributed by atoms with E-state index in [1.165, 1.54) is 0 Å². The van der Waals surface area contributed by atoms with E-state index in [-0.39, 0.29) is 11.3 Å². The topological polar surface area (TPSA) is 12.0 Å². The van der Waals surface area contributed by atoms with Crippen molar-refractivity contribution in [1.29, 1.82) is 0 Å². The highest BCUT2D eigenvalue weighted by Gasteiger charge is 2.30. The molecule has 2 heteroatoms. The van der Waals surface area contributed by atoms with E-state index in [0.29, 0.717) is 6.54 Å². The minimum atomic E-state index is -0.616.